The van der Waals surface area contributed by atoms with Crippen molar-refractivity contribution in [1.82, 2.24) is 4.57 Å². The van der Waals surface area contributed by atoms with Crippen molar-refractivity contribution in [2.75, 3.05) is 13.1 Å². The number of nitrogens with zero attached hydrogens (tertiary/aromatic N) is 2. The lowest BCUT2D eigenvalue weighted by atomic mass is 9.83. The largest absolute Gasteiger partial charge is 0.455 e. The van der Waals surface area contributed by atoms with Crippen LogP contribution in [0.3, 0.4) is 0 Å². The zero-order chi connectivity index (χ0) is 20.0. The molecule has 0 radical (unpaired) electrons. The number of pyridine rings is 1. The van der Waals surface area contributed by atoms with Crippen LogP contribution in [-0.2, 0) is 13.1 Å². The number of furan rings is 1. The standard InChI is InChI=1S/C22H21N3O4/c26-22-6-2-5-20-17-9-15(12-24(20)22)11-23(13-17)14-19-7-8-21(29-19)16-3-1-4-18(10-16)25(27)28/h1-8,10,15,17H,9,11-14H2/p+1/t15-,17+/m1/s1. The van der Waals surface area contributed by atoms with Crippen LogP contribution in [0, 0.1) is 16.0 Å². The molecule has 0 aliphatic carbocycles. The van der Waals surface area contributed by atoms with Gasteiger partial charge in [-0.15, -0.1) is 0 Å². The number of hydrogen-bond donors (Lipinski definition) is 1. The summed E-state index contributed by atoms with van der Waals surface area (Å²) < 4.78 is 7.97. The van der Waals surface area contributed by atoms with Crippen LogP contribution in [0.4, 0.5) is 5.69 Å². The number of non-ortho nitro benzene ring substituents is 1. The topological polar surface area (TPSA) is 82.7 Å². The van der Waals surface area contributed by atoms with Crippen LogP contribution < -0.4 is 10.5 Å². The first kappa shape index (κ1) is 17.9. The van der Waals surface area contributed by atoms with Crippen molar-refractivity contribution in [3.63, 3.8) is 0 Å². The predicted octanol–water partition coefficient (Wildman–Crippen LogP) is 2.22. The molecule has 29 heavy (non-hydrogen) atoms. The molecule has 1 aromatic carbocycles. The van der Waals surface area contributed by atoms with Gasteiger partial charge in [-0.3, -0.25) is 14.9 Å². The minimum Gasteiger partial charge on any atom is -0.455 e. The maximum Gasteiger partial charge on any atom is 0.270 e. The number of fused-ring (bicyclic) bond motifs is 4. The molecule has 4 heterocycles. The van der Waals surface area contributed by atoms with Crippen LogP contribution in [0.25, 0.3) is 11.3 Å². The van der Waals surface area contributed by atoms with Gasteiger partial charge < -0.3 is 13.9 Å². The second-order valence-electron chi connectivity index (χ2n) is 8.11. The number of piperidine rings is 1. The number of likely N-dealkylation sites (tertiary alicyclic amines) is 1. The molecule has 0 amide bonds. The Kier molecular flexibility index (Phi) is 4.32. The molecule has 1 unspecified atom stereocenters. The summed E-state index contributed by atoms with van der Waals surface area (Å²) in [6.45, 7) is 3.57. The summed E-state index contributed by atoms with van der Waals surface area (Å²) in [6.07, 6.45) is 1.14. The highest BCUT2D eigenvalue weighted by Crippen LogP contribution is 2.30. The fourth-order valence-corrected chi connectivity index (χ4v) is 4.91. The van der Waals surface area contributed by atoms with E-state index < -0.39 is 4.92 Å². The summed E-state index contributed by atoms with van der Waals surface area (Å²) in [5.41, 5.74) is 2.03. The number of benzene rings is 1. The van der Waals surface area contributed by atoms with E-state index in [0.29, 0.717) is 23.2 Å². The van der Waals surface area contributed by atoms with Crippen LogP contribution in [0.15, 0.2) is 63.8 Å². The van der Waals surface area contributed by atoms with E-state index in [1.54, 1.807) is 12.1 Å². The van der Waals surface area contributed by atoms with Gasteiger partial charge in [0.25, 0.3) is 11.2 Å². The van der Waals surface area contributed by atoms with Gasteiger partial charge in [0.1, 0.15) is 12.3 Å². The van der Waals surface area contributed by atoms with E-state index in [-0.39, 0.29) is 11.2 Å². The second kappa shape index (κ2) is 7.00. The molecule has 2 aliphatic heterocycles. The van der Waals surface area contributed by atoms with Crippen molar-refractivity contribution >= 4 is 5.69 Å². The maximum absolute atomic E-state index is 12.2. The molecule has 5 rings (SSSR count). The molecule has 0 spiro atoms. The monoisotopic (exact) mass is 392 g/mol. The fourth-order valence-electron chi connectivity index (χ4n) is 4.91. The smallest absolute Gasteiger partial charge is 0.270 e. The third-order valence-electron chi connectivity index (χ3n) is 6.10. The highest BCUT2D eigenvalue weighted by atomic mass is 16.6. The predicted molar refractivity (Wildman–Crippen MR) is 107 cm³/mol. The van der Waals surface area contributed by atoms with Gasteiger partial charge in [-0.25, -0.2) is 0 Å². The van der Waals surface area contributed by atoms with Crippen LogP contribution in [0.1, 0.15) is 23.8 Å². The summed E-state index contributed by atoms with van der Waals surface area (Å²) in [5, 5.41) is 11.0. The molecule has 3 aromatic rings. The number of nitrogens with one attached hydrogen (secondary N) is 1. The summed E-state index contributed by atoms with van der Waals surface area (Å²) in [7, 11) is 0. The molecule has 2 aliphatic rings. The highest BCUT2D eigenvalue weighted by molar-refractivity contribution is 5.61. The lowest BCUT2D eigenvalue weighted by Crippen LogP contribution is -3.13. The van der Waals surface area contributed by atoms with Gasteiger partial charge >= 0.3 is 0 Å². The number of nitro benzene ring substituents is 1. The van der Waals surface area contributed by atoms with Crippen molar-refractivity contribution < 1.29 is 14.2 Å². The Morgan fingerprint density at radius 3 is 2.86 bits per heavy atom. The Hall–Kier alpha value is -3.19. The van der Waals surface area contributed by atoms with Gasteiger partial charge in [-0.1, -0.05) is 18.2 Å². The molecule has 1 saturated heterocycles. The molecular weight excluding hydrogens is 370 g/mol. The lowest BCUT2D eigenvalue weighted by Gasteiger charge is -2.40. The van der Waals surface area contributed by atoms with Gasteiger partial charge in [0.2, 0.25) is 0 Å². The minimum absolute atomic E-state index is 0.0591. The van der Waals surface area contributed by atoms with Crippen molar-refractivity contribution in [2.24, 2.45) is 5.92 Å². The van der Waals surface area contributed by atoms with Gasteiger partial charge in [0, 0.05) is 47.8 Å². The van der Waals surface area contributed by atoms with Crippen LogP contribution in [-0.4, -0.2) is 22.6 Å². The molecule has 7 nitrogen and oxygen atoms in total. The molecule has 2 bridgehead atoms. The molecule has 0 saturated carbocycles. The maximum atomic E-state index is 12.2. The van der Waals surface area contributed by atoms with E-state index in [9.17, 15) is 14.9 Å². The summed E-state index contributed by atoms with van der Waals surface area (Å²) >= 11 is 0. The van der Waals surface area contributed by atoms with E-state index in [1.165, 1.54) is 17.0 Å². The number of hydrogen-bond acceptors (Lipinski definition) is 4. The van der Waals surface area contributed by atoms with E-state index in [4.69, 9.17) is 4.42 Å². The van der Waals surface area contributed by atoms with Gasteiger partial charge in [0.05, 0.1) is 18.0 Å². The Bertz CT molecular complexity index is 1130. The zero-order valence-corrected chi connectivity index (χ0v) is 15.9. The average Bonchev–Trinajstić information content (AvgIpc) is 3.17. The number of nitro groups is 1. The molecule has 3 atom stereocenters. The fraction of sp³-hybridized carbons (Fsp3) is 0.318. The van der Waals surface area contributed by atoms with Crippen molar-refractivity contribution in [3.05, 3.63) is 86.5 Å². The van der Waals surface area contributed by atoms with Crippen LogP contribution in [0.2, 0.25) is 0 Å². The SMILES string of the molecule is O=c1cccc2n1C[C@@H]1C[C@H]2C[NH+](Cc2ccc(-c3cccc([N+](=O)[O-])c3)o2)C1. The lowest BCUT2D eigenvalue weighted by molar-refractivity contribution is -0.925. The highest BCUT2D eigenvalue weighted by Gasteiger charge is 2.37. The number of quaternary nitrogens is 1. The third-order valence-corrected chi connectivity index (χ3v) is 6.10. The number of rotatable bonds is 4. The summed E-state index contributed by atoms with van der Waals surface area (Å²) in [6, 6.07) is 15.9. The second-order valence-corrected chi connectivity index (χ2v) is 8.11. The zero-order valence-electron chi connectivity index (χ0n) is 15.9. The van der Waals surface area contributed by atoms with Crippen LogP contribution in [0.5, 0.6) is 0 Å². The van der Waals surface area contributed by atoms with Crippen molar-refractivity contribution in [3.8, 4) is 11.3 Å². The van der Waals surface area contributed by atoms with Gasteiger partial charge in [-0.2, -0.15) is 0 Å². The Morgan fingerprint density at radius 1 is 1.14 bits per heavy atom. The quantitative estimate of drug-likeness (QED) is 0.545. The average molecular weight is 392 g/mol. The molecule has 1 N–H and O–H groups in total. The molecule has 148 valence electrons. The van der Waals surface area contributed by atoms with Crippen molar-refractivity contribution in [2.45, 2.75) is 25.4 Å². The summed E-state index contributed by atoms with van der Waals surface area (Å²) in [4.78, 5) is 24.2. The molecule has 1 fully saturated rings. The van der Waals surface area contributed by atoms with Gasteiger partial charge in [0.15, 0.2) is 5.76 Å². The minimum atomic E-state index is -0.396. The Balaban J connectivity index is 1.33. The molecular formula is C22H22N3O4+. The first-order valence-electron chi connectivity index (χ1n) is 9.93. The first-order valence-corrected chi connectivity index (χ1v) is 9.93. The normalized spacial score (nSPS) is 22.8. The number of aromatic nitrogens is 1. The first-order chi connectivity index (χ1) is 14.1. The molecule has 7 heteroatoms. The van der Waals surface area contributed by atoms with Crippen molar-refractivity contribution in [1.29, 1.82) is 0 Å². The summed E-state index contributed by atoms with van der Waals surface area (Å²) in [5.74, 6) is 2.43. The Labute approximate surface area is 167 Å². The van der Waals surface area contributed by atoms with E-state index >= 15 is 0 Å². The Morgan fingerprint density at radius 2 is 2.00 bits per heavy atom. The van der Waals surface area contributed by atoms with E-state index in [2.05, 4.69) is 6.07 Å². The van der Waals surface area contributed by atoms with E-state index in [0.717, 1.165) is 44.1 Å². The molecule has 2 aromatic heterocycles. The van der Waals surface area contributed by atoms with E-state index in [1.807, 2.05) is 28.8 Å². The van der Waals surface area contributed by atoms with Crippen LogP contribution >= 0.6 is 0 Å². The third kappa shape index (κ3) is 3.38. The van der Waals surface area contributed by atoms with Gasteiger partial charge in [-0.05, 0) is 24.6 Å².